The van der Waals surface area contributed by atoms with Crippen molar-refractivity contribution < 1.29 is 19.1 Å². The molecular formula is C33H34ClN3O4. The summed E-state index contributed by atoms with van der Waals surface area (Å²) < 4.78 is 4.83. The third kappa shape index (κ3) is 6.35. The van der Waals surface area contributed by atoms with E-state index in [2.05, 4.69) is 5.32 Å². The lowest BCUT2D eigenvalue weighted by Crippen LogP contribution is -2.38. The highest BCUT2D eigenvalue weighted by Crippen LogP contribution is 2.36. The van der Waals surface area contributed by atoms with Crippen LogP contribution in [0.3, 0.4) is 0 Å². The van der Waals surface area contributed by atoms with Crippen molar-refractivity contribution in [2.75, 3.05) is 19.0 Å². The van der Waals surface area contributed by atoms with Crippen LogP contribution in [0.2, 0.25) is 5.02 Å². The van der Waals surface area contributed by atoms with E-state index in [1.807, 2.05) is 67.3 Å². The summed E-state index contributed by atoms with van der Waals surface area (Å²) in [7, 11) is 1.36. The molecule has 1 N–H and O–H groups in total. The van der Waals surface area contributed by atoms with Gasteiger partial charge >= 0.3 is 5.97 Å². The van der Waals surface area contributed by atoms with E-state index >= 15 is 0 Å². The molecule has 2 atom stereocenters. The molecule has 0 aliphatic carbocycles. The van der Waals surface area contributed by atoms with Crippen LogP contribution in [0, 0.1) is 12.8 Å². The van der Waals surface area contributed by atoms with E-state index < -0.39 is 0 Å². The second-order valence-corrected chi connectivity index (χ2v) is 11.3. The lowest BCUT2D eigenvalue weighted by atomic mass is 9.92. The summed E-state index contributed by atoms with van der Waals surface area (Å²) in [5.74, 6) is -0.703. The normalized spacial score (nSPS) is 19.3. The molecule has 212 valence electrons. The molecule has 3 aromatic rings. The molecular weight excluding hydrogens is 538 g/mol. The molecule has 2 aliphatic heterocycles. The molecule has 0 saturated carbocycles. The van der Waals surface area contributed by atoms with E-state index in [4.69, 9.17) is 21.3 Å². The quantitative estimate of drug-likeness (QED) is 0.359. The number of carbonyl (C=O) groups is 3. The Kier molecular flexibility index (Phi) is 8.54. The predicted molar refractivity (Wildman–Crippen MR) is 160 cm³/mol. The van der Waals surface area contributed by atoms with Gasteiger partial charge in [-0.25, -0.2) is 0 Å². The number of fused-ring (bicyclic) bond motifs is 4. The fraction of sp³-hybridized carbons (Fsp3) is 0.333. The lowest BCUT2D eigenvalue weighted by molar-refractivity contribution is -0.139. The Hall–Kier alpha value is -3.97. The first kappa shape index (κ1) is 28.6. The summed E-state index contributed by atoms with van der Waals surface area (Å²) in [6.07, 6.45) is 6.43. The summed E-state index contributed by atoms with van der Waals surface area (Å²) in [5, 5.41) is 3.77. The van der Waals surface area contributed by atoms with E-state index in [0.29, 0.717) is 36.5 Å². The van der Waals surface area contributed by atoms with Crippen molar-refractivity contribution in [2.45, 2.75) is 52.0 Å². The molecule has 2 bridgehead atoms. The number of nitrogens with one attached hydrogen (secondary N) is 1. The van der Waals surface area contributed by atoms with Crippen molar-refractivity contribution in [3.63, 3.8) is 0 Å². The van der Waals surface area contributed by atoms with Crippen LogP contribution in [0.4, 0.5) is 5.69 Å². The Bertz CT molecular complexity index is 1530. The van der Waals surface area contributed by atoms with Crippen molar-refractivity contribution in [3.8, 4) is 11.1 Å². The van der Waals surface area contributed by atoms with Crippen molar-refractivity contribution in [1.82, 2.24) is 9.88 Å². The van der Waals surface area contributed by atoms with Gasteiger partial charge in [-0.05, 0) is 78.3 Å². The van der Waals surface area contributed by atoms with Gasteiger partial charge in [0.2, 0.25) is 11.8 Å². The molecule has 7 nitrogen and oxygen atoms in total. The second-order valence-electron chi connectivity index (χ2n) is 10.9. The predicted octanol–water partition coefficient (Wildman–Crippen LogP) is 6.54. The minimum atomic E-state index is -0.347. The fourth-order valence-corrected chi connectivity index (χ4v) is 5.73. The van der Waals surface area contributed by atoms with Crippen LogP contribution in [0.1, 0.15) is 61.0 Å². The number of methoxy groups -OCH3 is 1. The number of pyridine rings is 1. The number of aryl methyl sites for hydroxylation is 1. The highest BCUT2D eigenvalue weighted by Gasteiger charge is 2.30. The first-order valence-corrected chi connectivity index (χ1v) is 14.4. The minimum absolute atomic E-state index is 0.0501. The number of rotatable bonds is 4. The number of aromatic nitrogens is 1. The number of amides is 2. The molecule has 8 heteroatoms. The molecule has 0 unspecified atom stereocenters. The molecule has 0 spiro atoms. The second kappa shape index (κ2) is 12.3. The van der Waals surface area contributed by atoms with Crippen LogP contribution in [0.5, 0.6) is 0 Å². The SMILES string of the molecule is COC(=O)Cc1ccc2c(c1)NC(=O)[C@H](C)CCC[C@H](N1CCC(c3ccc(C)c(Cl)c3)=CC1=O)c1cc-2ccn1. The van der Waals surface area contributed by atoms with Crippen LogP contribution in [-0.4, -0.2) is 41.3 Å². The minimum Gasteiger partial charge on any atom is -0.469 e. The van der Waals surface area contributed by atoms with Gasteiger partial charge in [-0.2, -0.15) is 0 Å². The van der Waals surface area contributed by atoms with Crippen LogP contribution in [0.15, 0.2) is 60.8 Å². The molecule has 2 aliphatic rings. The van der Waals surface area contributed by atoms with E-state index in [0.717, 1.165) is 45.5 Å². The molecule has 2 aromatic carbocycles. The van der Waals surface area contributed by atoms with Crippen LogP contribution >= 0.6 is 11.6 Å². The largest absolute Gasteiger partial charge is 0.469 e. The third-order valence-corrected chi connectivity index (χ3v) is 8.44. The van der Waals surface area contributed by atoms with E-state index in [1.165, 1.54) is 7.11 Å². The zero-order chi connectivity index (χ0) is 29.1. The van der Waals surface area contributed by atoms with Crippen LogP contribution < -0.4 is 5.32 Å². The fourth-order valence-electron chi connectivity index (χ4n) is 5.55. The van der Waals surface area contributed by atoms with E-state index in [-0.39, 0.29) is 36.2 Å². The molecule has 1 aromatic heterocycles. The number of carbonyl (C=O) groups excluding carboxylic acids is 3. The Morgan fingerprint density at radius 2 is 1.93 bits per heavy atom. The zero-order valence-corrected chi connectivity index (χ0v) is 24.3. The summed E-state index contributed by atoms with van der Waals surface area (Å²) in [5.41, 5.74) is 6.85. The summed E-state index contributed by atoms with van der Waals surface area (Å²) in [6, 6.07) is 15.2. The maximum absolute atomic E-state index is 13.6. The summed E-state index contributed by atoms with van der Waals surface area (Å²) in [4.78, 5) is 45.2. The molecule has 0 fully saturated rings. The monoisotopic (exact) mass is 571 g/mol. The number of halogens is 1. The van der Waals surface area contributed by atoms with Gasteiger partial charge in [-0.15, -0.1) is 0 Å². The van der Waals surface area contributed by atoms with Crippen molar-refractivity contribution in [3.05, 3.63) is 88.2 Å². The highest BCUT2D eigenvalue weighted by molar-refractivity contribution is 6.31. The van der Waals surface area contributed by atoms with Gasteiger partial charge in [0.25, 0.3) is 0 Å². The van der Waals surface area contributed by atoms with Crippen LogP contribution in [0.25, 0.3) is 16.7 Å². The number of hydrogen-bond acceptors (Lipinski definition) is 5. The smallest absolute Gasteiger partial charge is 0.309 e. The Morgan fingerprint density at radius 3 is 2.68 bits per heavy atom. The van der Waals surface area contributed by atoms with Gasteiger partial charge in [0.15, 0.2) is 0 Å². The van der Waals surface area contributed by atoms with Gasteiger partial charge < -0.3 is 15.0 Å². The topological polar surface area (TPSA) is 88.6 Å². The van der Waals surface area contributed by atoms with Gasteiger partial charge in [0.05, 0.1) is 25.3 Å². The number of anilines is 1. The number of esters is 1. The molecule has 0 radical (unpaired) electrons. The standard InChI is InChI=1S/C33H34ClN3O4/c1-20-7-9-23(17-27(20)34)24-12-14-37(31(38)19-24)30-6-4-5-21(2)33(40)36-28-15-22(16-32(39)41-3)8-10-26(28)25-11-13-35-29(30)18-25/h7-11,13,15,17-19,21,30H,4-6,12,14,16H2,1-3H3,(H,36,40)/t21-,30+/m1/s1. The maximum atomic E-state index is 13.6. The number of ether oxygens (including phenoxy) is 1. The molecule has 41 heavy (non-hydrogen) atoms. The first-order valence-electron chi connectivity index (χ1n) is 14.0. The molecule has 2 amide bonds. The Balaban J connectivity index is 1.50. The average molecular weight is 572 g/mol. The van der Waals surface area contributed by atoms with E-state index in [9.17, 15) is 14.4 Å². The van der Waals surface area contributed by atoms with E-state index in [1.54, 1.807) is 12.3 Å². The Labute approximate surface area is 245 Å². The molecule has 0 saturated heterocycles. The number of benzene rings is 2. The first-order chi connectivity index (χ1) is 19.7. The molecule has 3 heterocycles. The summed E-state index contributed by atoms with van der Waals surface area (Å²) >= 11 is 6.36. The number of hydrogen-bond donors (Lipinski definition) is 1. The maximum Gasteiger partial charge on any atom is 0.309 e. The third-order valence-electron chi connectivity index (χ3n) is 8.04. The van der Waals surface area contributed by atoms with Gasteiger partial charge in [-0.3, -0.25) is 19.4 Å². The lowest BCUT2D eigenvalue weighted by Gasteiger charge is -2.34. The van der Waals surface area contributed by atoms with Crippen molar-refractivity contribution >= 4 is 40.6 Å². The van der Waals surface area contributed by atoms with Crippen molar-refractivity contribution in [2.24, 2.45) is 5.92 Å². The average Bonchev–Trinajstić information content (AvgIpc) is 2.96. The van der Waals surface area contributed by atoms with Gasteiger partial charge in [0, 0.05) is 41.0 Å². The number of nitrogens with zero attached hydrogens (tertiary/aromatic N) is 2. The van der Waals surface area contributed by atoms with Crippen LogP contribution in [-0.2, 0) is 25.5 Å². The van der Waals surface area contributed by atoms with Gasteiger partial charge in [-0.1, -0.05) is 49.2 Å². The zero-order valence-electron chi connectivity index (χ0n) is 23.6. The van der Waals surface area contributed by atoms with Crippen molar-refractivity contribution in [1.29, 1.82) is 0 Å². The summed E-state index contributed by atoms with van der Waals surface area (Å²) in [6.45, 7) is 4.44. The Morgan fingerprint density at radius 1 is 1.10 bits per heavy atom. The highest BCUT2D eigenvalue weighted by atomic mass is 35.5. The van der Waals surface area contributed by atoms with Gasteiger partial charge in [0.1, 0.15) is 0 Å². The molecule has 5 rings (SSSR count).